The molecule has 1 aromatic rings. The Labute approximate surface area is 261 Å². The van der Waals surface area contributed by atoms with Crippen LogP contribution in [0.5, 0.6) is 0 Å². The highest BCUT2D eigenvalue weighted by Crippen LogP contribution is 2.37. The predicted molar refractivity (Wildman–Crippen MR) is 153 cm³/mol. The van der Waals surface area contributed by atoms with Crippen molar-refractivity contribution in [2.24, 2.45) is 4.99 Å². The van der Waals surface area contributed by atoms with Gasteiger partial charge in [0.25, 0.3) is 5.91 Å². The maximum atomic E-state index is 13.5. The maximum absolute atomic E-state index is 13.5. The zero-order valence-corrected chi connectivity index (χ0v) is 25.1. The van der Waals surface area contributed by atoms with Crippen LogP contribution < -0.4 is 4.90 Å². The fourth-order valence-corrected chi connectivity index (χ4v) is 5.39. The normalized spacial score (nSPS) is 27.5. The van der Waals surface area contributed by atoms with E-state index < -0.39 is 72.5 Å². The molecule has 0 aromatic heterocycles. The molecule has 5 rings (SSSR count). The van der Waals surface area contributed by atoms with Crippen LogP contribution in [0.2, 0.25) is 5.02 Å². The number of nitrogens with zero attached hydrogens (tertiary/aromatic N) is 2. The zero-order chi connectivity index (χ0) is 32.6. The van der Waals surface area contributed by atoms with E-state index in [0.717, 1.165) is 27.7 Å². The van der Waals surface area contributed by atoms with Crippen molar-refractivity contribution in [3.05, 3.63) is 64.2 Å². The third-order valence-corrected chi connectivity index (χ3v) is 7.14. The molecule has 0 N–H and O–H groups in total. The van der Waals surface area contributed by atoms with Gasteiger partial charge in [-0.15, -0.1) is 0 Å². The minimum atomic E-state index is -1.58. The molecule has 2 unspecified atom stereocenters. The van der Waals surface area contributed by atoms with Crippen LogP contribution in [0, 0.1) is 0 Å². The number of amidine groups is 1. The van der Waals surface area contributed by atoms with Crippen molar-refractivity contribution in [2.75, 3.05) is 11.5 Å². The van der Waals surface area contributed by atoms with E-state index in [1.807, 2.05) is 0 Å². The second-order valence-corrected chi connectivity index (χ2v) is 10.7. The highest BCUT2D eigenvalue weighted by atomic mass is 35.5. The van der Waals surface area contributed by atoms with Gasteiger partial charge in [-0.05, 0) is 29.8 Å². The first-order valence-corrected chi connectivity index (χ1v) is 14.0. The lowest BCUT2D eigenvalue weighted by atomic mass is 9.95. The van der Waals surface area contributed by atoms with E-state index in [4.69, 9.17) is 40.0 Å². The van der Waals surface area contributed by atoms with E-state index in [0.29, 0.717) is 21.9 Å². The molecule has 1 aliphatic carbocycles. The van der Waals surface area contributed by atoms with Gasteiger partial charge in [-0.1, -0.05) is 29.8 Å². The van der Waals surface area contributed by atoms with E-state index in [1.165, 1.54) is 11.0 Å². The van der Waals surface area contributed by atoms with Crippen LogP contribution in [-0.4, -0.2) is 84.9 Å². The number of Topliss-reactive ketones (excluding diaryl/α,β-unsaturated/α-hetero) is 1. The van der Waals surface area contributed by atoms with Gasteiger partial charge in [0.2, 0.25) is 24.5 Å². The number of carbonyl (C=O) groups is 6. The Morgan fingerprint density at radius 3 is 2.18 bits per heavy atom. The van der Waals surface area contributed by atoms with E-state index in [2.05, 4.69) is 4.99 Å². The molecular formula is C30H27ClN2O12. The molecule has 3 aliphatic heterocycles. The lowest BCUT2D eigenvalue weighted by molar-refractivity contribution is -0.342. The SMILES string of the molecule is CC(=O)O[C@H]1OC(OC/C=C2\C=CC3N=C4C(=O)c5cc(Cl)ccc5N4C(=O)C3=C2)[C@H](OC(C)=O)[C@@H](OC(C)=O)[C@@H]1OC(C)=O. The van der Waals surface area contributed by atoms with E-state index in [1.54, 1.807) is 36.4 Å². The summed E-state index contributed by atoms with van der Waals surface area (Å²) in [6, 6.07) is 3.98. The Morgan fingerprint density at radius 1 is 0.911 bits per heavy atom. The van der Waals surface area contributed by atoms with Gasteiger partial charge in [0.1, 0.15) is 6.04 Å². The van der Waals surface area contributed by atoms with Gasteiger partial charge in [0.15, 0.2) is 18.0 Å². The second-order valence-electron chi connectivity index (χ2n) is 10.2. The predicted octanol–water partition coefficient (Wildman–Crippen LogP) is 2.13. The number of aliphatic imine (C=N–C) groups is 1. The number of amides is 1. The van der Waals surface area contributed by atoms with Gasteiger partial charge in [-0.25, -0.2) is 0 Å². The highest BCUT2D eigenvalue weighted by Gasteiger charge is 2.54. The Morgan fingerprint density at radius 2 is 1.53 bits per heavy atom. The third kappa shape index (κ3) is 6.57. The highest BCUT2D eigenvalue weighted by molar-refractivity contribution is 6.60. The summed E-state index contributed by atoms with van der Waals surface area (Å²) in [7, 11) is 0. The summed E-state index contributed by atoms with van der Waals surface area (Å²) in [6.07, 6.45) is -0.893. The maximum Gasteiger partial charge on any atom is 0.305 e. The fraction of sp³-hybridized carbons (Fsp3) is 0.367. The van der Waals surface area contributed by atoms with E-state index >= 15 is 0 Å². The number of allylic oxidation sites excluding steroid dienone is 3. The van der Waals surface area contributed by atoms with Gasteiger partial charge in [0.05, 0.1) is 17.9 Å². The molecule has 0 spiro atoms. The summed E-state index contributed by atoms with van der Waals surface area (Å²) in [5.41, 5.74) is 1.52. The lowest BCUT2D eigenvalue weighted by Gasteiger charge is -2.43. The number of rotatable bonds is 7. The minimum absolute atomic E-state index is 0.0162. The standard InChI is InChI=1S/C30H27ClN2O12/c1-13(34)41-24-25(42-14(2)35)29(45-30(44-16(4)37)26(24)43-15(3)36)40-10-9-17-5-7-21-19(11-17)28(39)33-22-8-6-18(31)12-20(22)23(38)27(33)32-21/h5-9,11-12,21,24-26,29-30H,10H2,1-4H3/b17-9+/t21?,24-,25-,26+,29?,30+/m1/s1. The number of benzene rings is 1. The number of ketones is 1. The summed E-state index contributed by atoms with van der Waals surface area (Å²) in [6.45, 7) is 4.18. The quantitative estimate of drug-likeness (QED) is 0.314. The number of carbonyl (C=O) groups excluding carboxylic acids is 6. The topological polar surface area (TPSA) is 173 Å². The number of anilines is 1. The van der Waals surface area contributed by atoms with Gasteiger partial charge in [0, 0.05) is 38.3 Å². The molecule has 45 heavy (non-hydrogen) atoms. The number of ether oxygens (including phenoxy) is 6. The number of halogens is 1. The monoisotopic (exact) mass is 642 g/mol. The smallest absolute Gasteiger partial charge is 0.305 e. The third-order valence-electron chi connectivity index (χ3n) is 6.90. The zero-order valence-electron chi connectivity index (χ0n) is 24.4. The van der Waals surface area contributed by atoms with Crippen LogP contribution >= 0.6 is 11.6 Å². The molecule has 6 atom stereocenters. The number of esters is 4. The summed E-state index contributed by atoms with van der Waals surface area (Å²) in [4.78, 5) is 79.8. The van der Waals surface area contributed by atoms with Crippen LogP contribution in [0.25, 0.3) is 0 Å². The molecule has 3 heterocycles. The molecule has 0 radical (unpaired) electrons. The average Bonchev–Trinajstić information content (AvgIpc) is 3.22. The Balaban J connectivity index is 1.38. The first-order valence-electron chi connectivity index (χ1n) is 13.7. The van der Waals surface area contributed by atoms with Crippen molar-refractivity contribution < 1.29 is 57.2 Å². The van der Waals surface area contributed by atoms with Crippen LogP contribution in [-0.2, 0) is 52.4 Å². The van der Waals surface area contributed by atoms with Crippen molar-refractivity contribution in [3.8, 4) is 0 Å². The van der Waals surface area contributed by atoms with Crippen LogP contribution in [0.3, 0.4) is 0 Å². The van der Waals surface area contributed by atoms with E-state index in [-0.39, 0.29) is 18.0 Å². The number of hydrogen-bond acceptors (Lipinski definition) is 13. The van der Waals surface area contributed by atoms with Crippen LogP contribution in [0.4, 0.5) is 5.69 Å². The number of hydrogen-bond donors (Lipinski definition) is 0. The largest absolute Gasteiger partial charge is 0.454 e. The molecule has 0 bridgehead atoms. The molecular weight excluding hydrogens is 616 g/mol. The molecule has 1 saturated heterocycles. The van der Waals surface area contributed by atoms with Gasteiger partial charge < -0.3 is 28.4 Å². The van der Waals surface area contributed by atoms with Gasteiger partial charge in [-0.3, -0.25) is 38.7 Å². The Kier molecular flexibility index (Phi) is 9.00. The van der Waals surface area contributed by atoms with Crippen molar-refractivity contribution in [2.45, 2.75) is 64.6 Å². The van der Waals surface area contributed by atoms with Crippen molar-refractivity contribution in [1.82, 2.24) is 0 Å². The van der Waals surface area contributed by atoms with Crippen LogP contribution in [0.1, 0.15) is 38.1 Å². The van der Waals surface area contributed by atoms with Gasteiger partial charge in [-0.2, -0.15) is 0 Å². The van der Waals surface area contributed by atoms with Crippen molar-refractivity contribution in [3.63, 3.8) is 0 Å². The Hall–Kier alpha value is -4.66. The van der Waals surface area contributed by atoms with E-state index in [9.17, 15) is 28.8 Å². The van der Waals surface area contributed by atoms with Crippen molar-refractivity contribution >= 4 is 58.7 Å². The van der Waals surface area contributed by atoms with Gasteiger partial charge >= 0.3 is 23.9 Å². The molecule has 1 fully saturated rings. The molecule has 14 nitrogen and oxygen atoms in total. The molecule has 1 amide bonds. The Bertz CT molecular complexity index is 1610. The molecule has 236 valence electrons. The lowest BCUT2D eigenvalue weighted by Crippen LogP contribution is -2.62. The molecule has 4 aliphatic rings. The molecule has 15 heteroatoms. The molecule has 1 aromatic carbocycles. The minimum Gasteiger partial charge on any atom is -0.454 e. The average molecular weight is 643 g/mol. The fourth-order valence-electron chi connectivity index (χ4n) is 5.22. The first kappa shape index (κ1) is 31.8. The summed E-state index contributed by atoms with van der Waals surface area (Å²) >= 11 is 6.05. The first-order chi connectivity index (χ1) is 21.3. The molecule has 0 saturated carbocycles. The van der Waals surface area contributed by atoms with Crippen LogP contribution in [0.15, 0.2) is 58.6 Å². The van der Waals surface area contributed by atoms with Crippen molar-refractivity contribution in [1.29, 1.82) is 0 Å². The summed E-state index contributed by atoms with van der Waals surface area (Å²) in [5.74, 6) is -4.00. The number of fused-ring (bicyclic) bond motifs is 4. The summed E-state index contributed by atoms with van der Waals surface area (Å²) < 4.78 is 32.7. The second kappa shape index (κ2) is 12.8. The summed E-state index contributed by atoms with van der Waals surface area (Å²) in [5, 5.41) is 0.356.